The van der Waals surface area contributed by atoms with Crippen LogP contribution in [0.5, 0.6) is 0 Å². The van der Waals surface area contributed by atoms with Crippen LogP contribution in [-0.2, 0) is 9.53 Å². The highest BCUT2D eigenvalue weighted by atomic mass is 16.5. The summed E-state index contributed by atoms with van der Waals surface area (Å²) < 4.78 is 4.81. The molecule has 14 heavy (non-hydrogen) atoms. The second-order valence-electron chi connectivity index (χ2n) is 3.30. The number of hydrogen-bond acceptors (Lipinski definition) is 4. The van der Waals surface area contributed by atoms with E-state index in [2.05, 4.69) is 10.3 Å². The molecular weight excluding hydrogens is 180 g/mol. The van der Waals surface area contributed by atoms with Crippen LogP contribution >= 0.6 is 0 Å². The lowest BCUT2D eigenvalue weighted by Crippen LogP contribution is -2.30. The largest absolute Gasteiger partial charge is 0.465 e. The monoisotopic (exact) mass is 198 g/mol. The van der Waals surface area contributed by atoms with Crippen LogP contribution in [0.3, 0.4) is 0 Å². The van der Waals surface area contributed by atoms with Crippen LogP contribution in [0, 0.1) is 0 Å². The molecule has 1 aliphatic rings. The van der Waals surface area contributed by atoms with Gasteiger partial charge in [-0.2, -0.15) is 0 Å². The Morgan fingerprint density at radius 3 is 3.14 bits per heavy atom. The van der Waals surface area contributed by atoms with E-state index in [0.29, 0.717) is 6.61 Å². The van der Waals surface area contributed by atoms with Crippen molar-refractivity contribution in [1.29, 1.82) is 0 Å². The van der Waals surface area contributed by atoms with Gasteiger partial charge in [-0.25, -0.2) is 0 Å². The number of ether oxygens (including phenoxy) is 1. The number of nitrogens with one attached hydrogen (secondary N) is 1. The van der Waals surface area contributed by atoms with Crippen molar-refractivity contribution < 1.29 is 9.53 Å². The molecule has 0 saturated heterocycles. The molecule has 0 bridgehead atoms. The summed E-state index contributed by atoms with van der Waals surface area (Å²) in [6.45, 7) is 3.37. The Morgan fingerprint density at radius 1 is 1.50 bits per heavy atom. The molecule has 0 aromatic rings. The number of esters is 1. The van der Waals surface area contributed by atoms with E-state index in [1.165, 1.54) is 6.42 Å². The number of rotatable bonds is 3. The average molecular weight is 198 g/mol. The molecule has 1 heterocycles. The number of carbonyl (C=O) groups is 1. The number of amidine groups is 1. The van der Waals surface area contributed by atoms with Crippen molar-refractivity contribution in [3.8, 4) is 0 Å². The summed E-state index contributed by atoms with van der Waals surface area (Å²) in [5.41, 5.74) is 0. The molecular formula is C10H18N2O2. The molecule has 4 nitrogen and oxygen atoms in total. The zero-order valence-corrected chi connectivity index (χ0v) is 8.71. The van der Waals surface area contributed by atoms with Crippen molar-refractivity contribution in [2.24, 2.45) is 4.99 Å². The van der Waals surface area contributed by atoms with Crippen molar-refractivity contribution in [3.05, 3.63) is 0 Å². The number of carbonyl (C=O) groups excluding carboxylic acids is 1. The van der Waals surface area contributed by atoms with Gasteiger partial charge in [-0.15, -0.1) is 0 Å². The first-order valence-corrected chi connectivity index (χ1v) is 5.25. The fraction of sp³-hybridized carbons (Fsp3) is 0.800. The van der Waals surface area contributed by atoms with Gasteiger partial charge in [0.1, 0.15) is 6.54 Å². The highest BCUT2D eigenvalue weighted by molar-refractivity contribution is 5.86. The van der Waals surface area contributed by atoms with Gasteiger partial charge < -0.3 is 10.1 Å². The number of nitrogens with zero attached hydrogens (tertiary/aromatic N) is 1. The van der Waals surface area contributed by atoms with Crippen LogP contribution < -0.4 is 5.32 Å². The summed E-state index contributed by atoms with van der Waals surface area (Å²) in [5.74, 6) is 0.745. The second-order valence-corrected chi connectivity index (χ2v) is 3.30. The molecule has 0 amide bonds. The average Bonchev–Trinajstić information content (AvgIpc) is 2.43. The molecule has 80 valence electrons. The van der Waals surface area contributed by atoms with Crippen LogP contribution in [0.4, 0.5) is 0 Å². The summed E-state index contributed by atoms with van der Waals surface area (Å²) >= 11 is 0. The third-order valence-electron chi connectivity index (χ3n) is 2.12. The number of hydrogen-bond donors (Lipinski definition) is 1. The maximum atomic E-state index is 11.0. The zero-order chi connectivity index (χ0) is 10.2. The van der Waals surface area contributed by atoms with Gasteiger partial charge in [-0.3, -0.25) is 9.79 Å². The minimum atomic E-state index is -0.209. The molecule has 0 saturated carbocycles. The molecule has 1 N–H and O–H groups in total. The van der Waals surface area contributed by atoms with Gasteiger partial charge >= 0.3 is 5.97 Å². The van der Waals surface area contributed by atoms with E-state index >= 15 is 0 Å². The standard InChI is InChI=1S/C10H18N2O2/c1-2-14-10(13)8-12-9-6-4-3-5-7-11-9/h2-8H2,1H3,(H,11,12). The highest BCUT2D eigenvalue weighted by Gasteiger charge is 2.06. The van der Waals surface area contributed by atoms with Gasteiger partial charge in [0, 0.05) is 13.0 Å². The van der Waals surface area contributed by atoms with Gasteiger partial charge in [0.2, 0.25) is 0 Å². The molecule has 0 aliphatic carbocycles. The summed E-state index contributed by atoms with van der Waals surface area (Å²) in [4.78, 5) is 15.4. The van der Waals surface area contributed by atoms with Gasteiger partial charge in [0.15, 0.2) is 0 Å². The number of aliphatic imine (C=N–C) groups is 1. The van der Waals surface area contributed by atoms with Gasteiger partial charge in [0.05, 0.1) is 12.4 Å². The fourth-order valence-corrected chi connectivity index (χ4v) is 1.40. The molecule has 0 radical (unpaired) electrons. The van der Waals surface area contributed by atoms with E-state index in [4.69, 9.17) is 4.74 Å². The van der Waals surface area contributed by atoms with Crippen LogP contribution in [-0.4, -0.2) is 31.5 Å². The normalized spacial score (nSPS) is 16.8. The predicted octanol–water partition coefficient (Wildman–Crippen LogP) is 1.11. The van der Waals surface area contributed by atoms with E-state index in [1.54, 1.807) is 6.92 Å². The zero-order valence-electron chi connectivity index (χ0n) is 8.71. The molecule has 1 aliphatic heterocycles. The SMILES string of the molecule is CCOC(=O)CNC1=NCCCCC1. The Bertz CT molecular complexity index is 214. The first kappa shape index (κ1) is 11.0. The van der Waals surface area contributed by atoms with Gasteiger partial charge in [-0.05, 0) is 19.8 Å². The quantitative estimate of drug-likeness (QED) is 0.691. The molecule has 1 rings (SSSR count). The van der Waals surface area contributed by atoms with Crippen molar-refractivity contribution in [2.45, 2.75) is 32.6 Å². The molecule has 4 heteroatoms. The van der Waals surface area contributed by atoms with Crippen molar-refractivity contribution in [3.63, 3.8) is 0 Å². The lowest BCUT2D eigenvalue weighted by molar-refractivity contribution is -0.141. The Morgan fingerprint density at radius 2 is 2.36 bits per heavy atom. The lowest BCUT2D eigenvalue weighted by atomic mass is 10.2. The molecule has 0 aromatic heterocycles. The third-order valence-corrected chi connectivity index (χ3v) is 2.12. The molecule has 0 unspecified atom stereocenters. The maximum absolute atomic E-state index is 11.0. The lowest BCUT2D eigenvalue weighted by Gasteiger charge is -2.07. The van der Waals surface area contributed by atoms with Crippen LogP contribution in [0.2, 0.25) is 0 Å². The van der Waals surface area contributed by atoms with E-state index in [9.17, 15) is 4.79 Å². The summed E-state index contributed by atoms with van der Waals surface area (Å²) in [6, 6.07) is 0. The Balaban J connectivity index is 2.22. The molecule has 0 fully saturated rings. The third kappa shape index (κ3) is 4.25. The molecule has 0 spiro atoms. The molecule has 0 aromatic carbocycles. The van der Waals surface area contributed by atoms with Crippen LogP contribution in [0.25, 0.3) is 0 Å². The van der Waals surface area contributed by atoms with Gasteiger partial charge in [-0.1, -0.05) is 6.42 Å². The van der Waals surface area contributed by atoms with Gasteiger partial charge in [0.25, 0.3) is 0 Å². The minimum Gasteiger partial charge on any atom is -0.465 e. The Kier molecular flexibility index (Phi) is 5.04. The summed E-state index contributed by atoms with van der Waals surface area (Å²) in [5, 5.41) is 3.02. The van der Waals surface area contributed by atoms with Crippen molar-refractivity contribution >= 4 is 11.8 Å². The topological polar surface area (TPSA) is 50.7 Å². The first-order valence-electron chi connectivity index (χ1n) is 5.25. The maximum Gasteiger partial charge on any atom is 0.325 e. The first-order chi connectivity index (χ1) is 6.83. The van der Waals surface area contributed by atoms with Crippen molar-refractivity contribution in [1.82, 2.24) is 5.32 Å². The highest BCUT2D eigenvalue weighted by Crippen LogP contribution is 2.05. The smallest absolute Gasteiger partial charge is 0.325 e. The predicted molar refractivity (Wildman–Crippen MR) is 55.4 cm³/mol. The minimum absolute atomic E-state index is 0.209. The Hall–Kier alpha value is -1.06. The van der Waals surface area contributed by atoms with E-state index in [-0.39, 0.29) is 12.5 Å². The summed E-state index contributed by atoms with van der Waals surface area (Å²) in [6.07, 6.45) is 4.51. The Labute approximate surface area is 84.7 Å². The fourth-order valence-electron chi connectivity index (χ4n) is 1.40. The summed E-state index contributed by atoms with van der Waals surface area (Å²) in [7, 11) is 0. The van der Waals surface area contributed by atoms with E-state index in [1.807, 2.05) is 0 Å². The van der Waals surface area contributed by atoms with Crippen LogP contribution in [0.15, 0.2) is 4.99 Å². The van der Waals surface area contributed by atoms with E-state index < -0.39 is 0 Å². The van der Waals surface area contributed by atoms with Crippen molar-refractivity contribution in [2.75, 3.05) is 19.7 Å². The van der Waals surface area contributed by atoms with E-state index in [0.717, 1.165) is 31.6 Å². The molecule has 0 atom stereocenters. The second kappa shape index (κ2) is 6.40. The van der Waals surface area contributed by atoms with Crippen LogP contribution in [0.1, 0.15) is 32.6 Å².